The van der Waals surface area contributed by atoms with Gasteiger partial charge in [0.15, 0.2) is 6.10 Å². The van der Waals surface area contributed by atoms with Crippen LogP contribution in [0.4, 0.5) is 10.5 Å². The third kappa shape index (κ3) is 5.04. The molecule has 1 aromatic carbocycles. The molecule has 1 aromatic rings. The van der Waals surface area contributed by atoms with E-state index in [-0.39, 0.29) is 6.54 Å². The second kappa shape index (κ2) is 7.96. The molecule has 3 N–H and O–H groups in total. The molecule has 0 spiro atoms. The number of urea groups is 1. The molecule has 0 aliphatic rings. The fourth-order valence-electron chi connectivity index (χ4n) is 1.28. The highest BCUT2D eigenvalue weighted by Crippen LogP contribution is 2.34. The van der Waals surface area contributed by atoms with E-state index < -0.39 is 18.1 Å². The molecule has 6 nitrogen and oxygen atoms in total. The monoisotopic (exact) mass is 472 g/mol. The first-order valence-electron chi connectivity index (χ1n) is 5.30. The zero-order valence-electron chi connectivity index (χ0n) is 10.2. The van der Waals surface area contributed by atoms with Crippen LogP contribution in [0.5, 0.6) is 0 Å². The van der Waals surface area contributed by atoms with Crippen molar-refractivity contribution in [2.24, 2.45) is 0 Å². The van der Waals surface area contributed by atoms with Crippen molar-refractivity contribution in [1.82, 2.24) is 5.32 Å². The van der Waals surface area contributed by atoms with Gasteiger partial charge in [0.2, 0.25) is 0 Å². The van der Waals surface area contributed by atoms with Crippen LogP contribution in [-0.4, -0.2) is 36.9 Å². The first-order valence-corrected chi connectivity index (χ1v) is 7.68. The summed E-state index contributed by atoms with van der Waals surface area (Å²) in [5.74, 6) is -1.14. The lowest BCUT2D eigenvalue weighted by Gasteiger charge is -2.14. The third-order valence-electron chi connectivity index (χ3n) is 2.25. The maximum absolute atomic E-state index is 11.7. The lowest BCUT2D eigenvalue weighted by atomic mass is 10.3. The van der Waals surface area contributed by atoms with Gasteiger partial charge >= 0.3 is 12.0 Å². The summed E-state index contributed by atoms with van der Waals surface area (Å²) < 4.78 is 6.90. The molecule has 0 aliphatic carbocycles. The number of nitrogens with one attached hydrogen (secondary N) is 2. The minimum atomic E-state index is -1.14. The minimum absolute atomic E-state index is 0.135. The Balaban J connectivity index is 2.66. The van der Waals surface area contributed by atoms with Gasteiger partial charge < -0.3 is 20.5 Å². The van der Waals surface area contributed by atoms with E-state index in [9.17, 15) is 9.59 Å². The lowest BCUT2D eigenvalue weighted by Crippen LogP contribution is -2.39. The molecular formula is C11H11Br3N2O4. The van der Waals surface area contributed by atoms with Crippen molar-refractivity contribution in [2.45, 2.75) is 6.10 Å². The quantitative estimate of drug-likeness (QED) is 0.611. The second-order valence-electron chi connectivity index (χ2n) is 3.64. The van der Waals surface area contributed by atoms with Crippen molar-refractivity contribution in [3.63, 3.8) is 0 Å². The fourth-order valence-corrected chi connectivity index (χ4v) is 3.73. The molecule has 0 heterocycles. The molecule has 0 aliphatic heterocycles. The molecule has 0 bridgehead atoms. The van der Waals surface area contributed by atoms with E-state index in [0.29, 0.717) is 14.6 Å². The highest BCUT2D eigenvalue weighted by molar-refractivity contribution is 9.11. The number of carbonyl (C=O) groups is 2. The standard InChI is InChI=1S/C11H11Br3N2O4/c1-20-8(10(17)18)4-15-11(19)16-9-6(13)2-5(12)3-7(9)14/h2-3,8H,4H2,1H3,(H,17,18)(H2,15,16,19). The normalized spacial score (nSPS) is 11.8. The van der Waals surface area contributed by atoms with Crippen molar-refractivity contribution < 1.29 is 19.4 Å². The Labute approximate surface area is 140 Å². The van der Waals surface area contributed by atoms with Gasteiger partial charge in [-0.05, 0) is 44.0 Å². The van der Waals surface area contributed by atoms with Crippen LogP contribution in [0.3, 0.4) is 0 Å². The van der Waals surface area contributed by atoms with Crippen LogP contribution in [0.25, 0.3) is 0 Å². The van der Waals surface area contributed by atoms with Gasteiger partial charge in [0.1, 0.15) is 0 Å². The van der Waals surface area contributed by atoms with Gasteiger partial charge in [0.25, 0.3) is 0 Å². The van der Waals surface area contributed by atoms with Crippen LogP contribution in [0.1, 0.15) is 0 Å². The first kappa shape index (κ1) is 17.4. The minimum Gasteiger partial charge on any atom is -0.479 e. The van der Waals surface area contributed by atoms with Crippen LogP contribution >= 0.6 is 47.8 Å². The number of carboxylic acids is 1. The number of amides is 2. The number of carboxylic acid groups (broad SMARTS) is 1. The molecule has 2 amide bonds. The van der Waals surface area contributed by atoms with E-state index in [1.54, 1.807) is 12.1 Å². The number of benzene rings is 1. The highest BCUT2D eigenvalue weighted by Gasteiger charge is 2.18. The Morgan fingerprint density at radius 3 is 2.30 bits per heavy atom. The topological polar surface area (TPSA) is 87.7 Å². The van der Waals surface area contributed by atoms with E-state index in [2.05, 4.69) is 58.4 Å². The predicted octanol–water partition coefficient (Wildman–Crippen LogP) is 3.20. The summed E-state index contributed by atoms with van der Waals surface area (Å²) in [6, 6.07) is 3.02. The Morgan fingerprint density at radius 1 is 1.30 bits per heavy atom. The van der Waals surface area contributed by atoms with E-state index in [4.69, 9.17) is 9.84 Å². The SMILES string of the molecule is COC(CNC(=O)Nc1c(Br)cc(Br)cc1Br)C(=O)O. The maximum atomic E-state index is 11.7. The first-order chi connectivity index (χ1) is 9.35. The number of rotatable bonds is 5. The zero-order chi connectivity index (χ0) is 15.3. The summed E-state index contributed by atoms with van der Waals surface area (Å²) in [5.41, 5.74) is 0.537. The van der Waals surface area contributed by atoms with E-state index in [0.717, 1.165) is 4.47 Å². The molecular weight excluding hydrogens is 464 g/mol. The number of aliphatic carboxylic acids is 1. The van der Waals surface area contributed by atoms with Gasteiger partial charge in [0.05, 0.1) is 12.2 Å². The molecule has 0 radical (unpaired) electrons. The summed E-state index contributed by atoms with van der Waals surface area (Å²) in [6.07, 6.45) is -1.09. The number of ether oxygens (including phenoxy) is 1. The van der Waals surface area contributed by atoms with Crippen LogP contribution in [0, 0.1) is 0 Å². The predicted molar refractivity (Wildman–Crippen MR) is 85.0 cm³/mol. The molecule has 1 atom stereocenters. The van der Waals surface area contributed by atoms with Crippen molar-refractivity contribution in [1.29, 1.82) is 0 Å². The van der Waals surface area contributed by atoms with E-state index in [1.807, 2.05) is 0 Å². The van der Waals surface area contributed by atoms with Crippen LogP contribution in [0.15, 0.2) is 25.6 Å². The molecule has 1 rings (SSSR count). The van der Waals surface area contributed by atoms with Gasteiger partial charge in [-0.2, -0.15) is 0 Å². The molecule has 0 saturated carbocycles. The number of hydrogen-bond acceptors (Lipinski definition) is 3. The summed E-state index contributed by atoms with van der Waals surface area (Å²) >= 11 is 9.96. The summed E-state index contributed by atoms with van der Waals surface area (Å²) in [5, 5.41) is 13.8. The number of hydrogen-bond donors (Lipinski definition) is 3. The second-order valence-corrected chi connectivity index (χ2v) is 6.27. The van der Waals surface area contributed by atoms with Crippen LogP contribution in [-0.2, 0) is 9.53 Å². The average molecular weight is 475 g/mol. The van der Waals surface area contributed by atoms with Crippen LogP contribution in [0.2, 0.25) is 0 Å². The smallest absolute Gasteiger partial charge is 0.334 e. The van der Waals surface area contributed by atoms with E-state index >= 15 is 0 Å². The fraction of sp³-hybridized carbons (Fsp3) is 0.273. The molecule has 20 heavy (non-hydrogen) atoms. The van der Waals surface area contributed by atoms with E-state index in [1.165, 1.54) is 7.11 Å². The van der Waals surface area contributed by atoms with Gasteiger partial charge in [-0.25, -0.2) is 9.59 Å². The summed E-state index contributed by atoms with van der Waals surface area (Å²) in [7, 11) is 1.26. The van der Waals surface area contributed by atoms with Crippen molar-refractivity contribution in [3.05, 3.63) is 25.6 Å². The Morgan fingerprint density at radius 2 is 1.85 bits per heavy atom. The molecule has 1 unspecified atom stereocenters. The summed E-state index contributed by atoms with van der Waals surface area (Å²) in [6.45, 7) is -0.135. The van der Waals surface area contributed by atoms with Gasteiger partial charge in [-0.3, -0.25) is 0 Å². The van der Waals surface area contributed by atoms with Gasteiger partial charge in [-0.1, -0.05) is 15.9 Å². The Kier molecular flexibility index (Phi) is 6.93. The van der Waals surface area contributed by atoms with Crippen LogP contribution < -0.4 is 10.6 Å². The third-order valence-corrected chi connectivity index (χ3v) is 3.96. The Hall–Kier alpha value is -0.640. The number of carbonyl (C=O) groups excluding carboxylic acids is 1. The largest absolute Gasteiger partial charge is 0.479 e. The molecule has 0 saturated heterocycles. The number of halogens is 3. The van der Waals surface area contributed by atoms with Gasteiger partial charge in [-0.15, -0.1) is 0 Å². The Bertz CT molecular complexity index is 501. The molecule has 0 fully saturated rings. The molecule has 9 heteroatoms. The maximum Gasteiger partial charge on any atom is 0.334 e. The number of anilines is 1. The zero-order valence-corrected chi connectivity index (χ0v) is 15.0. The number of methoxy groups -OCH3 is 1. The summed E-state index contributed by atoms with van der Waals surface area (Å²) in [4.78, 5) is 22.5. The molecule has 110 valence electrons. The lowest BCUT2D eigenvalue weighted by molar-refractivity contribution is -0.147. The molecule has 0 aromatic heterocycles. The van der Waals surface area contributed by atoms with Crippen molar-refractivity contribution in [2.75, 3.05) is 19.0 Å². The highest BCUT2D eigenvalue weighted by atomic mass is 79.9. The van der Waals surface area contributed by atoms with Crippen molar-refractivity contribution >= 4 is 65.5 Å². The van der Waals surface area contributed by atoms with Crippen molar-refractivity contribution in [3.8, 4) is 0 Å². The van der Waals surface area contributed by atoms with Gasteiger partial charge in [0, 0.05) is 20.5 Å². The average Bonchev–Trinajstić information content (AvgIpc) is 2.34.